The lowest BCUT2D eigenvalue weighted by atomic mass is 9.88. The Labute approximate surface area is 126 Å². The van der Waals surface area contributed by atoms with Crippen molar-refractivity contribution in [3.05, 3.63) is 29.6 Å². The fourth-order valence-electron chi connectivity index (χ4n) is 4.18. The first-order chi connectivity index (χ1) is 10.2. The fourth-order valence-corrected chi connectivity index (χ4v) is 4.18. The van der Waals surface area contributed by atoms with Gasteiger partial charge in [-0.3, -0.25) is 0 Å². The summed E-state index contributed by atoms with van der Waals surface area (Å²) in [6.45, 7) is 5.25. The number of ether oxygens (including phenoxy) is 1. The fraction of sp³-hybridized carbons (Fsp3) is 0.611. The molecule has 1 unspecified atom stereocenters. The Bertz CT molecular complexity index is 667. The Kier molecular flexibility index (Phi) is 3.07. The van der Waals surface area contributed by atoms with Crippen molar-refractivity contribution in [2.45, 2.75) is 64.0 Å². The molecule has 0 radical (unpaired) electrons. The number of imidazole rings is 1. The number of benzene rings is 1. The molecule has 1 aromatic carbocycles. The van der Waals surface area contributed by atoms with Crippen molar-refractivity contribution < 1.29 is 4.74 Å². The molecule has 2 aromatic rings. The molecule has 1 spiro atoms. The highest BCUT2D eigenvalue weighted by Crippen LogP contribution is 2.44. The largest absolute Gasteiger partial charge is 0.375 e. The van der Waals surface area contributed by atoms with Gasteiger partial charge in [0, 0.05) is 12.6 Å². The van der Waals surface area contributed by atoms with Gasteiger partial charge in [0.2, 0.25) is 0 Å². The van der Waals surface area contributed by atoms with Crippen LogP contribution in [-0.2, 0) is 4.74 Å². The van der Waals surface area contributed by atoms with Crippen LogP contribution in [0.5, 0.6) is 0 Å². The first-order valence-corrected chi connectivity index (χ1v) is 8.25. The molecule has 1 aromatic heterocycles. The second-order valence-electron chi connectivity index (χ2n) is 6.96. The molecule has 3 nitrogen and oxygen atoms in total. The van der Waals surface area contributed by atoms with Crippen molar-refractivity contribution in [3.63, 3.8) is 0 Å². The van der Waals surface area contributed by atoms with Crippen LogP contribution in [0, 0.1) is 13.8 Å². The van der Waals surface area contributed by atoms with Crippen molar-refractivity contribution in [3.8, 4) is 0 Å². The second-order valence-corrected chi connectivity index (χ2v) is 6.96. The number of aryl methyl sites for hydroxylation is 2. The molecule has 1 aliphatic heterocycles. The molecule has 21 heavy (non-hydrogen) atoms. The van der Waals surface area contributed by atoms with Gasteiger partial charge in [-0.2, -0.15) is 0 Å². The van der Waals surface area contributed by atoms with E-state index < -0.39 is 0 Å². The van der Waals surface area contributed by atoms with Crippen LogP contribution >= 0.6 is 0 Å². The third-order valence-electron chi connectivity index (χ3n) is 5.57. The van der Waals surface area contributed by atoms with Gasteiger partial charge in [0.1, 0.15) is 0 Å². The summed E-state index contributed by atoms with van der Waals surface area (Å²) in [5.74, 6) is 0. The molecule has 1 atom stereocenters. The van der Waals surface area contributed by atoms with Gasteiger partial charge in [0.15, 0.2) is 0 Å². The third kappa shape index (κ3) is 2.18. The van der Waals surface area contributed by atoms with Crippen molar-refractivity contribution in [2.24, 2.45) is 0 Å². The van der Waals surface area contributed by atoms with Crippen molar-refractivity contribution in [1.29, 1.82) is 0 Å². The predicted molar refractivity (Wildman–Crippen MR) is 84.6 cm³/mol. The minimum Gasteiger partial charge on any atom is -0.375 e. The molecule has 0 N–H and O–H groups in total. The maximum Gasteiger partial charge on any atom is 0.0960 e. The first kappa shape index (κ1) is 13.3. The number of hydrogen-bond donors (Lipinski definition) is 0. The van der Waals surface area contributed by atoms with E-state index in [1.807, 2.05) is 6.33 Å². The summed E-state index contributed by atoms with van der Waals surface area (Å²) in [5.41, 5.74) is 5.27. The Morgan fingerprint density at radius 2 is 1.95 bits per heavy atom. The summed E-state index contributed by atoms with van der Waals surface area (Å²) in [6.07, 6.45) is 9.46. The smallest absolute Gasteiger partial charge is 0.0960 e. The van der Waals surface area contributed by atoms with E-state index >= 15 is 0 Å². The number of aromatic nitrogens is 2. The Hall–Kier alpha value is -1.35. The molecule has 1 aliphatic carbocycles. The van der Waals surface area contributed by atoms with Gasteiger partial charge in [0.25, 0.3) is 0 Å². The summed E-state index contributed by atoms with van der Waals surface area (Å²) in [4.78, 5) is 4.63. The predicted octanol–water partition coefficient (Wildman–Crippen LogP) is 4.32. The molecule has 0 amide bonds. The third-order valence-corrected chi connectivity index (χ3v) is 5.57. The monoisotopic (exact) mass is 284 g/mol. The maximum absolute atomic E-state index is 6.18. The average molecular weight is 284 g/mol. The highest BCUT2D eigenvalue weighted by atomic mass is 16.5. The second kappa shape index (κ2) is 4.84. The highest BCUT2D eigenvalue weighted by Gasteiger charge is 2.40. The first-order valence-electron chi connectivity index (χ1n) is 8.25. The van der Waals surface area contributed by atoms with E-state index in [-0.39, 0.29) is 5.60 Å². The SMILES string of the molecule is Cc1cc2ncn(C3CCOC4(CCCC4)C3)c2cc1C. The van der Waals surface area contributed by atoms with E-state index in [1.54, 1.807) is 0 Å². The van der Waals surface area contributed by atoms with Crippen LogP contribution < -0.4 is 0 Å². The van der Waals surface area contributed by atoms with E-state index in [4.69, 9.17) is 4.74 Å². The Morgan fingerprint density at radius 3 is 2.76 bits per heavy atom. The van der Waals surface area contributed by atoms with Crippen LogP contribution in [0.4, 0.5) is 0 Å². The van der Waals surface area contributed by atoms with Gasteiger partial charge in [-0.05, 0) is 62.8 Å². The summed E-state index contributed by atoms with van der Waals surface area (Å²) in [7, 11) is 0. The van der Waals surface area contributed by atoms with Gasteiger partial charge in [-0.15, -0.1) is 0 Å². The van der Waals surface area contributed by atoms with Crippen molar-refractivity contribution in [2.75, 3.05) is 6.61 Å². The minimum atomic E-state index is 0.166. The minimum absolute atomic E-state index is 0.166. The lowest BCUT2D eigenvalue weighted by molar-refractivity contribution is -0.0889. The van der Waals surface area contributed by atoms with Crippen LogP contribution in [0.1, 0.15) is 55.7 Å². The lowest BCUT2D eigenvalue weighted by Gasteiger charge is -2.39. The molecule has 112 valence electrons. The van der Waals surface area contributed by atoms with Gasteiger partial charge in [-0.25, -0.2) is 4.98 Å². The van der Waals surface area contributed by atoms with Crippen LogP contribution in [0.25, 0.3) is 11.0 Å². The van der Waals surface area contributed by atoms with E-state index in [9.17, 15) is 0 Å². The van der Waals surface area contributed by atoms with Gasteiger partial charge >= 0.3 is 0 Å². The maximum atomic E-state index is 6.18. The molecule has 2 fully saturated rings. The molecular weight excluding hydrogens is 260 g/mol. The summed E-state index contributed by atoms with van der Waals surface area (Å²) in [5, 5.41) is 0. The van der Waals surface area contributed by atoms with Crippen LogP contribution in [0.3, 0.4) is 0 Å². The summed E-state index contributed by atoms with van der Waals surface area (Å²) in [6, 6.07) is 5.06. The van der Waals surface area contributed by atoms with E-state index in [0.717, 1.165) is 25.0 Å². The number of nitrogens with zero attached hydrogens (tertiary/aromatic N) is 2. The zero-order chi connectivity index (χ0) is 14.4. The highest BCUT2D eigenvalue weighted by molar-refractivity contribution is 5.77. The topological polar surface area (TPSA) is 27.1 Å². The molecule has 1 saturated carbocycles. The number of rotatable bonds is 1. The lowest BCUT2D eigenvalue weighted by Crippen LogP contribution is -2.38. The van der Waals surface area contributed by atoms with E-state index in [0.29, 0.717) is 6.04 Å². The van der Waals surface area contributed by atoms with Gasteiger partial charge < -0.3 is 9.30 Å². The van der Waals surface area contributed by atoms with Gasteiger partial charge in [-0.1, -0.05) is 12.8 Å². The Morgan fingerprint density at radius 1 is 1.19 bits per heavy atom. The summed E-state index contributed by atoms with van der Waals surface area (Å²) < 4.78 is 8.58. The van der Waals surface area contributed by atoms with Crippen molar-refractivity contribution >= 4 is 11.0 Å². The van der Waals surface area contributed by atoms with E-state index in [2.05, 4.69) is 35.5 Å². The zero-order valence-corrected chi connectivity index (χ0v) is 13.1. The van der Waals surface area contributed by atoms with Crippen LogP contribution in [0.2, 0.25) is 0 Å². The molecule has 2 heterocycles. The van der Waals surface area contributed by atoms with Gasteiger partial charge in [0.05, 0.1) is 23.0 Å². The van der Waals surface area contributed by atoms with Crippen LogP contribution in [0.15, 0.2) is 18.5 Å². The molecule has 1 saturated heterocycles. The molecule has 2 aliphatic rings. The Balaban J connectivity index is 1.71. The normalized spacial score (nSPS) is 25.0. The zero-order valence-electron chi connectivity index (χ0n) is 13.1. The molecule has 0 bridgehead atoms. The number of fused-ring (bicyclic) bond motifs is 1. The average Bonchev–Trinajstić information content (AvgIpc) is 3.07. The van der Waals surface area contributed by atoms with Crippen molar-refractivity contribution in [1.82, 2.24) is 9.55 Å². The van der Waals surface area contributed by atoms with E-state index in [1.165, 1.54) is 42.3 Å². The molecule has 3 heteroatoms. The van der Waals surface area contributed by atoms with Crippen LogP contribution in [-0.4, -0.2) is 21.8 Å². The quantitative estimate of drug-likeness (QED) is 0.780. The molecule has 4 rings (SSSR count). The standard InChI is InChI=1S/C18H24N2O/c1-13-9-16-17(10-14(13)2)20(12-19-16)15-5-8-21-18(11-15)6-3-4-7-18/h9-10,12,15H,3-8,11H2,1-2H3. The number of hydrogen-bond acceptors (Lipinski definition) is 2. The summed E-state index contributed by atoms with van der Waals surface area (Å²) >= 11 is 0. The molecular formula is C18H24N2O.